The Morgan fingerprint density at radius 2 is 2.22 bits per heavy atom. The van der Waals surface area contributed by atoms with Crippen LogP contribution in [0.2, 0.25) is 0 Å². The fourth-order valence-electron chi connectivity index (χ4n) is 2.50. The number of carbonyl (C=O) groups is 1. The molecule has 6 heteroatoms. The molecule has 23 heavy (non-hydrogen) atoms. The largest absolute Gasteiger partial charge is 0.496 e. The van der Waals surface area contributed by atoms with Gasteiger partial charge in [0.2, 0.25) is 0 Å². The fraction of sp³-hybridized carbons (Fsp3) is 0.176. The summed E-state index contributed by atoms with van der Waals surface area (Å²) < 4.78 is 7.17. The van der Waals surface area contributed by atoms with Gasteiger partial charge in [0.1, 0.15) is 11.4 Å². The molecule has 118 valence electrons. The van der Waals surface area contributed by atoms with E-state index in [0.717, 1.165) is 11.3 Å². The second-order valence-electron chi connectivity index (χ2n) is 5.20. The predicted octanol–water partition coefficient (Wildman–Crippen LogP) is 2.36. The van der Waals surface area contributed by atoms with Crippen LogP contribution in [0.4, 0.5) is 5.69 Å². The van der Waals surface area contributed by atoms with Crippen molar-refractivity contribution >= 4 is 17.2 Å². The third-order valence-electron chi connectivity index (χ3n) is 3.73. The van der Waals surface area contributed by atoms with Gasteiger partial charge in [-0.15, -0.1) is 0 Å². The molecular formula is C17H18N4O2. The highest BCUT2D eigenvalue weighted by Gasteiger charge is 2.13. The molecule has 0 unspecified atom stereocenters. The van der Waals surface area contributed by atoms with Crippen molar-refractivity contribution in [2.45, 2.75) is 13.5 Å². The lowest BCUT2D eigenvalue weighted by Crippen LogP contribution is -2.14. The second kappa shape index (κ2) is 6.10. The van der Waals surface area contributed by atoms with Crippen LogP contribution in [-0.2, 0) is 6.54 Å². The van der Waals surface area contributed by atoms with Gasteiger partial charge in [0.05, 0.1) is 12.7 Å². The van der Waals surface area contributed by atoms with Gasteiger partial charge in [-0.2, -0.15) is 0 Å². The van der Waals surface area contributed by atoms with E-state index in [1.165, 1.54) is 0 Å². The number of hydrogen-bond donors (Lipinski definition) is 2. The molecule has 0 aliphatic heterocycles. The number of pyridine rings is 1. The molecule has 0 saturated heterocycles. The molecule has 0 spiro atoms. The van der Waals surface area contributed by atoms with Crippen LogP contribution in [0.5, 0.6) is 5.75 Å². The van der Waals surface area contributed by atoms with Crippen molar-refractivity contribution in [2.24, 2.45) is 5.73 Å². The Hall–Kier alpha value is -2.86. The van der Waals surface area contributed by atoms with Crippen molar-refractivity contribution in [1.29, 1.82) is 0 Å². The van der Waals surface area contributed by atoms with Crippen molar-refractivity contribution in [3.05, 3.63) is 59.5 Å². The third-order valence-corrected chi connectivity index (χ3v) is 3.73. The molecule has 3 aromatic rings. The molecule has 2 aromatic heterocycles. The van der Waals surface area contributed by atoms with E-state index < -0.39 is 0 Å². The molecule has 3 rings (SSSR count). The minimum atomic E-state index is -0.219. The standard InChI is InChI=1S/C17H18N4O2/c1-11-10-19-16-14(4-3-7-21(11)16)17(22)20-13-6-5-12(9-18)15(8-13)23-2/h3-8,10H,9,18H2,1-2H3,(H,20,22). The number of nitrogens with one attached hydrogen (secondary N) is 1. The first-order valence-corrected chi connectivity index (χ1v) is 7.25. The van der Waals surface area contributed by atoms with Crippen LogP contribution in [0.1, 0.15) is 21.6 Å². The summed E-state index contributed by atoms with van der Waals surface area (Å²) in [7, 11) is 1.58. The van der Waals surface area contributed by atoms with E-state index in [4.69, 9.17) is 10.5 Å². The zero-order chi connectivity index (χ0) is 16.4. The summed E-state index contributed by atoms with van der Waals surface area (Å²) in [4.78, 5) is 16.9. The molecule has 2 heterocycles. The summed E-state index contributed by atoms with van der Waals surface area (Å²) in [6, 6.07) is 8.99. The number of anilines is 1. The zero-order valence-electron chi connectivity index (χ0n) is 13.0. The number of methoxy groups -OCH3 is 1. The maximum atomic E-state index is 12.6. The quantitative estimate of drug-likeness (QED) is 0.775. The van der Waals surface area contributed by atoms with Gasteiger partial charge in [0.15, 0.2) is 0 Å². The van der Waals surface area contributed by atoms with Crippen LogP contribution in [0.3, 0.4) is 0 Å². The molecular weight excluding hydrogens is 292 g/mol. The Labute approximate surface area is 133 Å². The smallest absolute Gasteiger partial charge is 0.259 e. The van der Waals surface area contributed by atoms with Crippen LogP contribution in [0.25, 0.3) is 5.65 Å². The summed E-state index contributed by atoms with van der Waals surface area (Å²) in [6.07, 6.45) is 3.62. The molecule has 0 fully saturated rings. The summed E-state index contributed by atoms with van der Waals surface area (Å²) in [5, 5.41) is 2.87. The first-order chi connectivity index (χ1) is 11.1. The number of hydrogen-bond acceptors (Lipinski definition) is 4. The van der Waals surface area contributed by atoms with Crippen LogP contribution in [0.15, 0.2) is 42.7 Å². The van der Waals surface area contributed by atoms with Gasteiger partial charge in [-0.25, -0.2) is 4.98 Å². The topological polar surface area (TPSA) is 81.6 Å². The van der Waals surface area contributed by atoms with E-state index >= 15 is 0 Å². The number of rotatable bonds is 4. The normalized spacial score (nSPS) is 10.7. The number of carbonyl (C=O) groups excluding carboxylic acids is 1. The molecule has 1 amide bonds. The summed E-state index contributed by atoms with van der Waals surface area (Å²) in [5.74, 6) is 0.434. The molecule has 0 saturated carbocycles. The SMILES string of the molecule is COc1cc(NC(=O)c2cccn3c(C)cnc23)ccc1CN. The molecule has 3 N–H and O–H groups in total. The fourth-order valence-corrected chi connectivity index (χ4v) is 2.50. The van der Waals surface area contributed by atoms with E-state index in [9.17, 15) is 4.79 Å². The van der Waals surface area contributed by atoms with Gasteiger partial charge < -0.3 is 20.2 Å². The maximum Gasteiger partial charge on any atom is 0.259 e. The van der Waals surface area contributed by atoms with Crippen molar-refractivity contribution < 1.29 is 9.53 Å². The Balaban J connectivity index is 1.92. The minimum Gasteiger partial charge on any atom is -0.496 e. The highest BCUT2D eigenvalue weighted by Crippen LogP contribution is 2.23. The predicted molar refractivity (Wildman–Crippen MR) is 88.8 cm³/mol. The average Bonchev–Trinajstić information content (AvgIpc) is 2.96. The van der Waals surface area contributed by atoms with Gasteiger partial charge in [-0.05, 0) is 25.1 Å². The van der Waals surface area contributed by atoms with Crippen molar-refractivity contribution in [2.75, 3.05) is 12.4 Å². The van der Waals surface area contributed by atoms with Crippen LogP contribution >= 0.6 is 0 Å². The maximum absolute atomic E-state index is 12.6. The van der Waals surface area contributed by atoms with Crippen molar-refractivity contribution in [1.82, 2.24) is 9.38 Å². The number of ether oxygens (including phenoxy) is 1. The molecule has 0 radical (unpaired) electrons. The number of fused-ring (bicyclic) bond motifs is 1. The molecule has 6 nitrogen and oxygen atoms in total. The highest BCUT2D eigenvalue weighted by atomic mass is 16.5. The van der Waals surface area contributed by atoms with E-state index in [2.05, 4.69) is 10.3 Å². The van der Waals surface area contributed by atoms with E-state index in [0.29, 0.717) is 29.2 Å². The van der Waals surface area contributed by atoms with Crippen molar-refractivity contribution in [3.63, 3.8) is 0 Å². The number of aromatic nitrogens is 2. The molecule has 1 aromatic carbocycles. The summed E-state index contributed by atoms with van der Waals surface area (Å²) >= 11 is 0. The number of amides is 1. The monoisotopic (exact) mass is 310 g/mol. The molecule has 0 aliphatic carbocycles. The Morgan fingerprint density at radius 1 is 1.39 bits per heavy atom. The average molecular weight is 310 g/mol. The van der Waals surface area contributed by atoms with Gasteiger partial charge in [0, 0.05) is 41.9 Å². The van der Waals surface area contributed by atoms with Crippen LogP contribution < -0.4 is 15.8 Å². The van der Waals surface area contributed by atoms with E-state index in [1.807, 2.05) is 29.7 Å². The highest BCUT2D eigenvalue weighted by molar-refractivity contribution is 6.08. The number of nitrogens with two attached hydrogens (primary N) is 1. The van der Waals surface area contributed by atoms with Crippen molar-refractivity contribution in [3.8, 4) is 5.75 Å². The van der Waals surface area contributed by atoms with Gasteiger partial charge in [-0.3, -0.25) is 4.79 Å². The lowest BCUT2D eigenvalue weighted by molar-refractivity contribution is 0.102. The zero-order valence-corrected chi connectivity index (χ0v) is 13.0. The number of imidazole rings is 1. The minimum absolute atomic E-state index is 0.219. The second-order valence-corrected chi connectivity index (χ2v) is 5.20. The molecule has 0 bridgehead atoms. The number of aryl methyl sites for hydroxylation is 1. The Bertz CT molecular complexity index is 870. The first kappa shape index (κ1) is 15.1. The van der Waals surface area contributed by atoms with Gasteiger partial charge in [-0.1, -0.05) is 6.07 Å². The lowest BCUT2D eigenvalue weighted by Gasteiger charge is -2.11. The van der Waals surface area contributed by atoms with E-state index in [1.54, 1.807) is 31.5 Å². The Kier molecular flexibility index (Phi) is 3.99. The first-order valence-electron chi connectivity index (χ1n) is 7.25. The van der Waals surface area contributed by atoms with Crippen LogP contribution in [0, 0.1) is 6.92 Å². The Morgan fingerprint density at radius 3 is 2.96 bits per heavy atom. The number of nitrogens with zero attached hydrogens (tertiary/aromatic N) is 2. The lowest BCUT2D eigenvalue weighted by atomic mass is 10.1. The summed E-state index contributed by atoms with van der Waals surface area (Å²) in [6.45, 7) is 2.32. The number of benzene rings is 1. The van der Waals surface area contributed by atoms with Gasteiger partial charge >= 0.3 is 0 Å². The molecule has 0 atom stereocenters. The van der Waals surface area contributed by atoms with E-state index in [-0.39, 0.29) is 5.91 Å². The summed E-state index contributed by atoms with van der Waals surface area (Å²) in [5.41, 5.74) is 9.31. The molecule has 0 aliphatic rings. The third kappa shape index (κ3) is 2.76. The van der Waals surface area contributed by atoms with Gasteiger partial charge in [0.25, 0.3) is 5.91 Å². The van der Waals surface area contributed by atoms with Crippen LogP contribution in [-0.4, -0.2) is 22.4 Å².